The standard InChI is InChI=1S/C23H25N3O2/c1-28-21-13-9-18(10-14-21)22-6-3-2-4-16-25(22)23(27)19-7-11-20(12-8-19)26-17-5-15-24-26/h5,7-15,17,22H,2-4,6,16H2,1H3/t22-/m0/s1. The average Bonchev–Trinajstić information content (AvgIpc) is 3.18. The zero-order valence-corrected chi connectivity index (χ0v) is 16.1. The van der Waals surface area contributed by atoms with Crippen molar-refractivity contribution in [3.63, 3.8) is 0 Å². The smallest absolute Gasteiger partial charge is 0.254 e. The van der Waals surface area contributed by atoms with Crippen LogP contribution >= 0.6 is 0 Å². The summed E-state index contributed by atoms with van der Waals surface area (Å²) in [6.07, 6.45) is 7.97. The number of amides is 1. The Labute approximate surface area is 165 Å². The van der Waals surface area contributed by atoms with Gasteiger partial charge in [0, 0.05) is 24.5 Å². The molecule has 0 aliphatic carbocycles. The SMILES string of the molecule is COc1ccc([C@@H]2CCCCCN2C(=O)c2ccc(-n3cccn3)cc2)cc1. The molecule has 1 aliphatic heterocycles. The van der Waals surface area contributed by atoms with Gasteiger partial charge in [0.2, 0.25) is 0 Å². The minimum absolute atomic E-state index is 0.0923. The lowest BCUT2D eigenvalue weighted by Gasteiger charge is -2.31. The van der Waals surface area contributed by atoms with Gasteiger partial charge in [-0.15, -0.1) is 0 Å². The van der Waals surface area contributed by atoms with Gasteiger partial charge in [0.25, 0.3) is 5.91 Å². The number of hydrogen-bond acceptors (Lipinski definition) is 3. The van der Waals surface area contributed by atoms with Crippen molar-refractivity contribution in [1.29, 1.82) is 0 Å². The van der Waals surface area contributed by atoms with Crippen molar-refractivity contribution in [2.75, 3.05) is 13.7 Å². The Morgan fingerprint density at radius 2 is 1.82 bits per heavy atom. The first-order valence-electron chi connectivity index (χ1n) is 9.81. The van der Waals surface area contributed by atoms with Crippen LogP contribution in [0.15, 0.2) is 67.0 Å². The number of carbonyl (C=O) groups is 1. The van der Waals surface area contributed by atoms with Gasteiger partial charge in [0.1, 0.15) is 5.75 Å². The van der Waals surface area contributed by atoms with E-state index in [0.29, 0.717) is 0 Å². The molecule has 0 bridgehead atoms. The van der Waals surface area contributed by atoms with E-state index in [0.717, 1.165) is 49.2 Å². The zero-order chi connectivity index (χ0) is 19.3. The third kappa shape index (κ3) is 3.79. The maximum Gasteiger partial charge on any atom is 0.254 e. The topological polar surface area (TPSA) is 47.4 Å². The third-order valence-corrected chi connectivity index (χ3v) is 5.40. The second-order valence-electron chi connectivity index (χ2n) is 7.13. The average molecular weight is 375 g/mol. The number of hydrogen-bond donors (Lipinski definition) is 0. The molecule has 28 heavy (non-hydrogen) atoms. The molecule has 0 N–H and O–H groups in total. The van der Waals surface area contributed by atoms with Crippen molar-refractivity contribution in [1.82, 2.24) is 14.7 Å². The van der Waals surface area contributed by atoms with Gasteiger partial charge in [-0.2, -0.15) is 5.10 Å². The number of nitrogens with zero attached hydrogens (tertiary/aromatic N) is 3. The van der Waals surface area contributed by atoms with Crippen molar-refractivity contribution in [2.24, 2.45) is 0 Å². The van der Waals surface area contributed by atoms with Crippen LogP contribution in [0.3, 0.4) is 0 Å². The van der Waals surface area contributed by atoms with Crippen LogP contribution < -0.4 is 4.74 Å². The molecule has 2 aromatic carbocycles. The highest BCUT2D eigenvalue weighted by Crippen LogP contribution is 2.32. The second-order valence-corrected chi connectivity index (χ2v) is 7.13. The summed E-state index contributed by atoms with van der Waals surface area (Å²) in [4.78, 5) is 15.4. The Morgan fingerprint density at radius 1 is 1.04 bits per heavy atom. The van der Waals surface area contributed by atoms with Crippen LogP contribution in [0.25, 0.3) is 5.69 Å². The summed E-state index contributed by atoms with van der Waals surface area (Å²) < 4.78 is 7.07. The number of ether oxygens (including phenoxy) is 1. The molecule has 0 unspecified atom stereocenters. The molecule has 5 heteroatoms. The van der Waals surface area contributed by atoms with Crippen LogP contribution in [0, 0.1) is 0 Å². The predicted octanol–water partition coefficient (Wildman–Crippen LogP) is 4.64. The van der Waals surface area contributed by atoms with Gasteiger partial charge in [0.15, 0.2) is 0 Å². The quantitative estimate of drug-likeness (QED) is 0.667. The first-order valence-corrected chi connectivity index (χ1v) is 9.81. The van der Waals surface area contributed by atoms with Crippen LogP contribution in [0.4, 0.5) is 0 Å². The number of methoxy groups -OCH3 is 1. The molecule has 2 heterocycles. The van der Waals surface area contributed by atoms with Crippen LogP contribution in [-0.2, 0) is 0 Å². The largest absolute Gasteiger partial charge is 0.497 e. The molecule has 1 amide bonds. The van der Waals surface area contributed by atoms with E-state index < -0.39 is 0 Å². The van der Waals surface area contributed by atoms with Crippen LogP contribution in [0.5, 0.6) is 5.75 Å². The number of benzene rings is 2. The second kappa shape index (κ2) is 8.30. The van der Waals surface area contributed by atoms with E-state index in [1.165, 1.54) is 5.56 Å². The van der Waals surface area contributed by atoms with Crippen molar-refractivity contribution in [3.05, 3.63) is 78.1 Å². The fourth-order valence-electron chi connectivity index (χ4n) is 3.87. The van der Waals surface area contributed by atoms with Crippen LogP contribution in [0.2, 0.25) is 0 Å². The fourth-order valence-corrected chi connectivity index (χ4v) is 3.87. The Kier molecular flexibility index (Phi) is 5.42. The third-order valence-electron chi connectivity index (χ3n) is 5.40. The van der Waals surface area contributed by atoms with E-state index in [9.17, 15) is 4.79 Å². The molecule has 1 fully saturated rings. The highest BCUT2D eigenvalue weighted by Gasteiger charge is 2.27. The van der Waals surface area contributed by atoms with E-state index in [2.05, 4.69) is 17.2 Å². The number of likely N-dealkylation sites (tertiary alicyclic amines) is 1. The van der Waals surface area contributed by atoms with E-state index in [1.54, 1.807) is 18.0 Å². The maximum absolute atomic E-state index is 13.3. The fraction of sp³-hybridized carbons (Fsp3) is 0.304. The summed E-state index contributed by atoms with van der Waals surface area (Å²) in [5, 5.41) is 4.24. The van der Waals surface area contributed by atoms with E-state index >= 15 is 0 Å². The molecule has 5 nitrogen and oxygen atoms in total. The first-order chi connectivity index (χ1) is 13.8. The molecule has 0 spiro atoms. The Hall–Kier alpha value is -3.08. The molecular weight excluding hydrogens is 350 g/mol. The summed E-state index contributed by atoms with van der Waals surface area (Å²) in [6.45, 7) is 0.788. The Bertz CT molecular complexity index is 902. The van der Waals surface area contributed by atoms with Crippen LogP contribution in [0.1, 0.15) is 47.6 Å². The number of rotatable bonds is 4. The van der Waals surface area contributed by atoms with Crippen molar-refractivity contribution < 1.29 is 9.53 Å². The van der Waals surface area contributed by atoms with Gasteiger partial charge in [0.05, 0.1) is 18.8 Å². The normalized spacial score (nSPS) is 17.2. The zero-order valence-electron chi connectivity index (χ0n) is 16.1. The first kappa shape index (κ1) is 18.3. The van der Waals surface area contributed by atoms with Gasteiger partial charge < -0.3 is 9.64 Å². The molecular formula is C23H25N3O2. The molecule has 1 atom stereocenters. The summed E-state index contributed by atoms with van der Waals surface area (Å²) >= 11 is 0. The minimum atomic E-state index is 0.0923. The van der Waals surface area contributed by atoms with Gasteiger partial charge >= 0.3 is 0 Å². The van der Waals surface area contributed by atoms with Crippen molar-refractivity contribution >= 4 is 5.91 Å². The molecule has 1 aromatic heterocycles. The summed E-state index contributed by atoms with van der Waals surface area (Å²) in [7, 11) is 1.67. The van der Waals surface area contributed by atoms with Crippen molar-refractivity contribution in [3.8, 4) is 11.4 Å². The van der Waals surface area contributed by atoms with E-state index in [1.807, 2.05) is 53.6 Å². The molecule has 1 saturated heterocycles. The molecule has 1 aliphatic rings. The Morgan fingerprint density at radius 3 is 2.50 bits per heavy atom. The highest BCUT2D eigenvalue weighted by molar-refractivity contribution is 5.94. The summed E-state index contributed by atoms with van der Waals surface area (Å²) in [5.74, 6) is 0.930. The number of aromatic nitrogens is 2. The monoisotopic (exact) mass is 375 g/mol. The molecule has 0 radical (unpaired) electrons. The van der Waals surface area contributed by atoms with E-state index in [-0.39, 0.29) is 11.9 Å². The van der Waals surface area contributed by atoms with Gasteiger partial charge in [-0.05, 0) is 60.9 Å². The van der Waals surface area contributed by atoms with Crippen LogP contribution in [-0.4, -0.2) is 34.2 Å². The number of carbonyl (C=O) groups excluding carboxylic acids is 1. The van der Waals surface area contributed by atoms with Crippen molar-refractivity contribution in [2.45, 2.75) is 31.7 Å². The van der Waals surface area contributed by atoms with Gasteiger partial charge in [-0.1, -0.05) is 25.0 Å². The lowest BCUT2D eigenvalue weighted by atomic mass is 10.00. The lowest BCUT2D eigenvalue weighted by molar-refractivity contribution is 0.0681. The molecule has 3 aromatic rings. The molecule has 4 rings (SSSR count). The molecule has 144 valence electrons. The Balaban J connectivity index is 1.59. The maximum atomic E-state index is 13.3. The lowest BCUT2D eigenvalue weighted by Crippen LogP contribution is -2.34. The summed E-state index contributed by atoms with van der Waals surface area (Å²) in [5.41, 5.74) is 2.84. The molecule has 0 saturated carbocycles. The van der Waals surface area contributed by atoms with Gasteiger partial charge in [-0.3, -0.25) is 4.79 Å². The van der Waals surface area contributed by atoms with Gasteiger partial charge in [-0.25, -0.2) is 4.68 Å². The highest BCUT2D eigenvalue weighted by atomic mass is 16.5. The summed E-state index contributed by atoms with van der Waals surface area (Å²) in [6, 6.07) is 17.8. The van der Waals surface area contributed by atoms with E-state index in [4.69, 9.17) is 4.74 Å². The minimum Gasteiger partial charge on any atom is -0.497 e. The predicted molar refractivity (Wildman–Crippen MR) is 109 cm³/mol.